The van der Waals surface area contributed by atoms with Gasteiger partial charge in [0, 0.05) is 19.3 Å². The Morgan fingerprint density at radius 2 is 0.512 bits per heavy atom. The average Bonchev–Trinajstić information content (AvgIpc) is 3.46. The standard InChI is InChI=1S/C74H130O6/c1-4-7-10-13-16-19-22-25-27-29-31-33-34-35-36-37-38-39-40-41-43-44-46-49-52-55-58-61-64-67-73(76)79-70-71(69-78-72(75)66-63-60-57-54-51-48-24-21-18-15-12-9-6-3)80-74(77)68-65-62-59-56-53-50-47-45-42-32-30-28-26-23-20-17-14-11-8-5-2/h7,10,12,15-16,19,21,24-25,27,31,33,35-36,71H,4-6,8-9,11,13-14,17-18,20,22-23,26,28-30,32,34,37-70H2,1-3H3/b10-7-,15-12-,19-16-,24-21-,27-25-,33-31-,36-35-. The lowest BCUT2D eigenvalue weighted by atomic mass is 10.0. The van der Waals surface area contributed by atoms with Crippen LogP contribution in [0.15, 0.2) is 85.1 Å². The first kappa shape index (κ1) is 76.6. The molecule has 0 rings (SSSR count). The van der Waals surface area contributed by atoms with Crippen LogP contribution in [0.5, 0.6) is 0 Å². The molecule has 0 amide bonds. The normalized spacial score (nSPS) is 12.6. The van der Waals surface area contributed by atoms with Gasteiger partial charge in [-0.15, -0.1) is 0 Å². The van der Waals surface area contributed by atoms with Crippen molar-refractivity contribution in [2.45, 2.75) is 354 Å². The van der Waals surface area contributed by atoms with E-state index in [0.29, 0.717) is 19.3 Å². The number of esters is 3. The SMILES string of the molecule is CC/C=C\C/C=C\C/C=C\C/C=C\C/C=C\CCCCCCCCCCCCCCCC(=O)OCC(COC(=O)CCCCCCC/C=C\C/C=C\CCC)OC(=O)CCCCCCCCCCCCCCCCCCCCCC. The molecule has 0 bridgehead atoms. The Bertz CT molecular complexity index is 1520. The van der Waals surface area contributed by atoms with E-state index in [1.165, 1.54) is 193 Å². The molecule has 0 saturated carbocycles. The van der Waals surface area contributed by atoms with Gasteiger partial charge in [0.05, 0.1) is 0 Å². The fourth-order valence-electron chi connectivity index (χ4n) is 9.98. The quantitative estimate of drug-likeness (QED) is 0.0261. The molecule has 0 heterocycles. The van der Waals surface area contributed by atoms with E-state index in [0.717, 1.165) is 116 Å². The minimum Gasteiger partial charge on any atom is -0.462 e. The van der Waals surface area contributed by atoms with Gasteiger partial charge >= 0.3 is 17.9 Å². The number of ether oxygens (including phenoxy) is 3. The Morgan fingerprint density at radius 3 is 0.812 bits per heavy atom. The molecule has 462 valence electrons. The molecule has 0 saturated heterocycles. The zero-order valence-electron chi connectivity index (χ0n) is 53.1. The van der Waals surface area contributed by atoms with Gasteiger partial charge in [0.15, 0.2) is 6.10 Å². The van der Waals surface area contributed by atoms with E-state index < -0.39 is 6.10 Å². The van der Waals surface area contributed by atoms with Gasteiger partial charge in [0.1, 0.15) is 13.2 Å². The van der Waals surface area contributed by atoms with Crippen LogP contribution < -0.4 is 0 Å². The van der Waals surface area contributed by atoms with Crippen molar-refractivity contribution in [3.05, 3.63) is 85.1 Å². The third-order valence-corrected chi connectivity index (χ3v) is 15.1. The van der Waals surface area contributed by atoms with Crippen LogP contribution in [0.4, 0.5) is 0 Å². The monoisotopic (exact) mass is 1110 g/mol. The number of hydrogen-bond acceptors (Lipinski definition) is 6. The van der Waals surface area contributed by atoms with E-state index in [9.17, 15) is 14.4 Å². The van der Waals surface area contributed by atoms with E-state index >= 15 is 0 Å². The molecule has 0 aromatic rings. The van der Waals surface area contributed by atoms with Crippen LogP contribution in [0.1, 0.15) is 348 Å². The lowest BCUT2D eigenvalue weighted by Gasteiger charge is -2.18. The second-order valence-electron chi connectivity index (χ2n) is 23.1. The summed E-state index contributed by atoms with van der Waals surface area (Å²) in [5, 5.41) is 0. The molecule has 0 aliphatic heterocycles. The maximum atomic E-state index is 12.9. The third-order valence-electron chi connectivity index (χ3n) is 15.1. The maximum Gasteiger partial charge on any atom is 0.306 e. The van der Waals surface area contributed by atoms with Crippen molar-refractivity contribution in [2.24, 2.45) is 0 Å². The summed E-state index contributed by atoms with van der Waals surface area (Å²) < 4.78 is 17.0. The minimum atomic E-state index is -0.782. The Morgan fingerprint density at radius 1 is 0.263 bits per heavy atom. The van der Waals surface area contributed by atoms with Gasteiger partial charge in [-0.05, 0) is 89.9 Å². The second kappa shape index (κ2) is 68.1. The van der Waals surface area contributed by atoms with Gasteiger partial charge in [-0.1, -0.05) is 324 Å². The fraction of sp³-hybridized carbons (Fsp3) is 0.770. The van der Waals surface area contributed by atoms with Gasteiger partial charge in [-0.25, -0.2) is 0 Å². The van der Waals surface area contributed by atoms with Gasteiger partial charge in [-0.2, -0.15) is 0 Å². The van der Waals surface area contributed by atoms with E-state index in [-0.39, 0.29) is 31.1 Å². The minimum absolute atomic E-state index is 0.0777. The molecule has 6 heteroatoms. The largest absolute Gasteiger partial charge is 0.462 e. The summed E-state index contributed by atoms with van der Waals surface area (Å²) in [5.74, 6) is -0.874. The summed E-state index contributed by atoms with van der Waals surface area (Å²) in [6.07, 6.45) is 90.4. The molecular weight excluding hydrogens is 985 g/mol. The highest BCUT2D eigenvalue weighted by molar-refractivity contribution is 5.71. The molecule has 0 aliphatic rings. The highest BCUT2D eigenvalue weighted by atomic mass is 16.6. The first-order valence-electron chi connectivity index (χ1n) is 34.6. The second-order valence-corrected chi connectivity index (χ2v) is 23.1. The number of carbonyl (C=O) groups excluding carboxylic acids is 3. The molecule has 80 heavy (non-hydrogen) atoms. The van der Waals surface area contributed by atoms with Crippen LogP contribution in [0.25, 0.3) is 0 Å². The van der Waals surface area contributed by atoms with E-state index in [2.05, 4.69) is 106 Å². The van der Waals surface area contributed by atoms with E-state index in [4.69, 9.17) is 14.2 Å². The van der Waals surface area contributed by atoms with Gasteiger partial charge in [-0.3, -0.25) is 14.4 Å². The number of allylic oxidation sites excluding steroid dienone is 14. The van der Waals surface area contributed by atoms with Crippen molar-refractivity contribution < 1.29 is 28.6 Å². The number of unbranched alkanes of at least 4 members (excludes halogenated alkanes) is 38. The molecular formula is C74H130O6. The van der Waals surface area contributed by atoms with Crippen LogP contribution in [0.2, 0.25) is 0 Å². The molecule has 0 spiro atoms. The Kier molecular flexibility index (Phi) is 65.2. The average molecular weight is 1120 g/mol. The Labute approximate surface area is 496 Å². The molecule has 0 fully saturated rings. The van der Waals surface area contributed by atoms with Crippen molar-refractivity contribution in [1.82, 2.24) is 0 Å². The highest BCUT2D eigenvalue weighted by Gasteiger charge is 2.19. The summed E-state index contributed by atoms with van der Waals surface area (Å²) in [6.45, 7) is 6.50. The van der Waals surface area contributed by atoms with Gasteiger partial charge in [0.25, 0.3) is 0 Å². The van der Waals surface area contributed by atoms with E-state index in [1.54, 1.807) is 0 Å². The van der Waals surface area contributed by atoms with Crippen molar-refractivity contribution >= 4 is 17.9 Å². The Hall–Kier alpha value is -3.41. The van der Waals surface area contributed by atoms with Crippen LogP contribution >= 0.6 is 0 Å². The van der Waals surface area contributed by atoms with Crippen LogP contribution in [0, 0.1) is 0 Å². The molecule has 0 aromatic heterocycles. The zero-order chi connectivity index (χ0) is 57.8. The van der Waals surface area contributed by atoms with Gasteiger partial charge in [0.2, 0.25) is 0 Å². The predicted octanol–water partition coefficient (Wildman–Crippen LogP) is 23.8. The maximum absolute atomic E-state index is 12.9. The molecule has 0 aliphatic carbocycles. The summed E-state index contributed by atoms with van der Waals surface area (Å²) in [4.78, 5) is 38.4. The first-order chi connectivity index (χ1) is 39.5. The predicted molar refractivity (Wildman–Crippen MR) is 348 cm³/mol. The lowest BCUT2D eigenvalue weighted by molar-refractivity contribution is -0.167. The van der Waals surface area contributed by atoms with Crippen LogP contribution in [0.3, 0.4) is 0 Å². The number of hydrogen-bond donors (Lipinski definition) is 0. The first-order valence-corrected chi connectivity index (χ1v) is 34.6. The third kappa shape index (κ3) is 65.4. The molecule has 1 atom stereocenters. The summed E-state index contributed by atoms with van der Waals surface area (Å²) >= 11 is 0. The molecule has 0 radical (unpaired) electrons. The zero-order valence-corrected chi connectivity index (χ0v) is 53.1. The molecule has 6 nitrogen and oxygen atoms in total. The Balaban J connectivity index is 4.24. The van der Waals surface area contributed by atoms with Crippen LogP contribution in [-0.4, -0.2) is 37.2 Å². The molecule has 0 N–H and O–H groups in total. The number of carbonyl (C=O) groups is 3. The topological polar surface area (TPSA) is 78.9 Å². The lowest BCUT2D eigenvalue weighted by Crippen LogP contribution is -2.30. The van der Waals surface area contributed by atoms with Crippen molar-refractivity contribution in [3.63, 3.8) is 0 Å². The summed E-state index contributed by atoms with van der Waals surface area (Å²) in [5.41, 5.74) is 0. The smallest absolute Gasteiger partial charge is 0.306 e. The molecule has 0 aromatic carbocycles. The number of rotatable bonds is 63. The highest BCUT2D eigenvalue weighted by Crippen LogP contribution is 2.18. The van der Waals surface area contributed by atoms with Crippen LogP contribution in [-0.2, 0) is 28.6 Å². The van der Waals surface area contributed by atoms with Gasteiger partial charge < -0.3 is 14.2 Å². The van der Waals surface area contributed by atoms with E-state index in [1.807, 2.05) is 0 Å². The molecule has 1 unspecified atom stereocenters. The fourth-order valence-corrected chi connectivity index (χ4v) is 9.98. The summed E-state index contributed by atoms with van der Waals surface area (Å²) in [6, 6.07) is 0. The van der Waals surface area contributed by atoms with Crippen molar-refractivity contribution in [1.29, 1.82) is 0 Å². The van der Waals surface area contributed by atoms with Crippen molar-refractivity contribution in [2.75, 3.05) is 13.2 Å². The van der Waals surface area contributed by atoms with Crippen molar-refractivity contribution in [3.8, 4) is 0 Å². The summed E-state index contributed by atoms with van der Waals surface area (Å²) in [7, 11) is 0.